The molecule has 1 aliphatic heterocycles. The summed E-state index contributed by atoms with van der Waals surface area (Å²) < 4.78 is 31.1. The fraction of sp³-hybridized carbons (Fsp3) is 0.263. The predicted molar refractivity (Wildman–Crippen MR) is 88.7 cm³/mol. The minimum atomic E-state index is -3.14. The highest BCUT2D eigenvalue weighted by Gasteiger charge is 2.28. The van der Waals surface area contributed by atoms with Gasteiger partial charge in [0.15, 0.2) is 0 Å². The Bertz CT molecular complexity index is 678. The molecule has 0 aromatic heterocycles. The van der Waals surface area contributed by atoms with E-state index in [4.69, 9.17) is 6.42 Å². The summed E-state index contributed by atoms with van der Waals surface area (Å²) in [7, 11) is 0. The summed E-state index contributed by atoms with van der Waals surface area (Å²) in [5.74, 6) is 2.68. The minimum absolute atomic E-state index is 0.149. The SMILES string of the molecule is C#C/C=C1/C=C(c2ccc(OC(F)(F)CC)cc2)C=CN1CC. The molecule has 0 saturated heterocycles. The topological polar surface area (TPSA) is 12.5 Å². The second kappa shape index (κ2) is 7.15. The molecule has 0 aliphatic carbocycles. The first-order valence-corrected chi connectivity index (χ1v) is 7.49. The van der Waals surface area contributed by atoms with Crippen LogP contribution in [0.3, 0.4) is 0 Å². The van der Waals surface area contributed by atoms with E-state index in [1.165, 1.54) is 6.92 Å². The molecule has 120 valence electrons. The van der Waals surface area contributed by atoms with Crippen LogP contribution in [-0.4, -0.2) is 17.6 Å². The Morgan fingerprint density at radius 3 is 2.52 bits per heavy atom. The maximum Gasteiger partial charge on any atom is 0.397 e. The van der Waals surface area contributed by atoms with E-state index >= 15 is 0 Å². The summed E-state index contributed by atoms with van der Waals surface area (Å²) >= 11 is 0. The Kier molecular flexibility index (Phi) is 5.23. The van der Waals surface area contributed by atoms with Gasteiger partial charge in [0.25, 0.3) is 0 Å². The molecule has 2 rings (SSSR count). The van der Waals surface area contributed by atoms with Crippen molar-refractivity contribution in [2.45, 2.75) is 26.4 Å². The van der Waals surface area contributed by atoms with Crippen LogP contribution >= 0.6 is 0 Å². The number of halogens is 2. The first-order valence-electron chi connectivity index (χ1n) is 7.49. The highest BCUT2D eigenvalue weighted by Crippen LogP contribution is 2.28. The fourth-order valence-corrected chi connectivity index (χ4v) is 2.18. The summed E-state index contributed by atoms with van der Waals surface area (Å²) in [6.07, 6.45) is 9.44. The average Bonchev–Trinajstić information content (AvgIpc) is 2.55. The van der Waals surface area contributed by atoms with E-state index in [1.807, 2.05) is 30.2 Å². The fourth-order valence-electron chi connectivity index (χ4n) is 2.18. The summed E-state index contributed by atoms with van der Waals surface area (Å²) in [4.78, 5) is 2.03. The first-order chi connectivity index (χ1) is 11.0. The van der Waals surface area contributed by atoms with Gasteiger partial charge in [-0.1, -0.05) is 25.0 Å². The monoisotopic (exact) mass is 315 g/mol. The van der Waals surface area contributed by atoms with Crippen molar-refractivity contribution < 1.29 is 13.5 Å². The van der Waals surface area contributed by atoms with Gasteiger partial charge in [0.1, 0.15) is 5.75 Å². The summed E-state index contributed by atoms with van der Waals surface area (Å²) in [5.41, 5.74) is 2.79. The molecule has 0 spiro atoms. The second-order valence-electron chi connectivity index (χ2n) is 5.05. The van der Waals surface area contributed by atoms with Crippen LogP contribution in [0.4, 0.5) is 8.78 Å². The van der Waals surface area contributed by atoms with Crippen LogP contribution in [-0.2, 0) is 0 Å². The van der Waals surface area contributed by atoms with Gasteiger partial charge < -0.3 is 9.64 Å². The normalized spacial score (nSPS) is 16.2. The lowest BCUT2D eigenvalue weighted by molar-refractivity contribution is -0.177. The molecule has 0 N–H and O–H groups in total. The van der Waals surface area contributed by atoms with E-state index in [-0.39, 0.29) is 12.2 Å². The van der Waals surface area contributed by atoms with Crippen molar-refractivity contribution in [3.05, 3.63) is 60.0 Å². The molecule has 0 saturated carbocycles. The molecule has 0 unspecified atom stereocenters. The first kappa shape index (κ1) is 16.8. The average molecular weight is 315 g/mol. The molecule has 1 heterocycles. The van der Waals surface area contributed by atoms with Crippen molar-refractivity contribution in [1.29, 1.82) is 0 Å². The van der Waals surface area contributed by atoms with Crippen molar-refractivity contribution in [3.63, 3.8) is 0 Å². The Labute approximate surface area is 135 Å². The van der Waals surface area contributed by atoms with Gasteiger partial charge in [0.2, 0.25) is 0 Å². The summed E-state index contributed by atoms with van der Waals surface area (Å²) in [6.45, 7) is 4.23. The lowest BCUT2D eigenvalue weighted by Crippen LogP contribution is -2.23. The zero-order chi connectivity index (χ0) is 16.9. The molecule has 0 fully saturated rings. The molecule has 1 aromatic carbocycles. The van der Waals surface area contributed by atoms with E-state index < -0.39 is 6.11 Å². The molecule has 1 aliphatic rings. The zero-order valence-electron chi connectivity index (χ0n) is 13.2. The third kappa shape index (κ3) is 4.23. The van der Waals surface area contributed by atoms with Gasteiger partial charge in [0, 0.05) is 30.9 Å². The molecule has 2 nitrogen and oxygen atoms in total. The molecule has 0 amide bonds. The van der Waals surface area contributed by atoms with E-state index in [1.54, 1.807) is 30.3 Å². The van der Waals surface area contributed by atoms with Gasteiger partial charge in [-0.05, 0) is 42.3 Å². The second-order valence-corrected chi connectivity index (χ2v) is 5.05. The van der Waals surface area contributed by atoms with Crippen LogP contribution in [0.15, 0.2) is 54.4 Å². The standard InChI is InChI=1S/C19H19F2NO/c1-4-7-17-14-16(12-13-22(17)6-3)15-8-10-18(11-9-15)23-19(20,21)5-2/h1,7-14H,5-6H2,2-3H3/b17-7-. The minimum Gasteiger partial charge on any atom is -0.433 e. The molecule has 0 radical (unpaired) electrons. The number of benzene rings is 1. The molecule has 0 bridgehead atoms. The summed E-state index contributed by atoms with van der Waals surface area (Å²) in [6, 6.07) is 6.60. The van der Waals surface area contributed by atoms with Crippen molar-refractivity contribution in [3.8, 4) is 18.1 Å². The highest BCUT2D eigenvalue weighted by molar-refractivity contribution is 5.77. The number of ether oxygens (including phenoxy) is 1. The van der Waals surface area contributed by atoms with Gasteiger partial charge in [-0.2, -0.15) is 8.78 Å². The predicted octanol–water partition coefficient (Wildman–Crippen LogP) is 4.82. The number of allylic oxidation sites excluding steroid dienone is 4. The smallest absolute Gasteiger partial charge is 0.397 e. The van der Waals surface area contributed by atoms with Crippen molar-refractivity contribution in [2.75, 3.05) is 6.54 Å². The Morgan fingerprint density at radius 2 is 1.96 bits per heavy atom. The third-order valence-corrected chi connectivity index (χ3v) is 3.51. The number of hydrogen-bond donors (Lipinski definition) is 0. The van der Waals surface area contributed by atoms with Gasteiger partial charge in [-0.15, -0.1) is 6.42 Å². The van der Waals surface area contributed by atoms with Crippen molar-refractivity contribution in [1.82, 2.24) is 4.90 Å². The molecule has 0 atom stereocenters. The molecule has 23 heavy (non-hydrogen) atoms. The lowest BCUT2D eigenvalue weighted by atomic mass is 10.0. The van der Waals surface area contributed by atoms with E-state index in [0.29, 0.717) is 0 Å². The van der Waals surface area contributed by atoms with Crippen LogP contribution in [0.1, 0.15) is 25.8 Å². The van der Waals surface area contributed by atoms with Crippen LogP contribution in [0, 0.1) is 12.3 Å². The largest absolute Gasteiger partial charge is 0.433 e. The van der Waals surface area contributed by atoms with Gasteiger partial charge in [0.05, 0.1) is 0 Å². The van der Waals surface area contributed by atoms with Gasteiger partial charge >= 0.3 is 6.11 Å². The molecule has 1 aromatic rings. The molecular formula is C19H19F2NO. The number of rotatable bonds is 5. The maximum atomic E-state index is 13.2. The number of hydrogen-bond acceptors (Lipinski definition) is 2. The van der Waals surface area contributed by atoms with Crippen LogP contribution in [0.5, 0.6) is 5.75 Å². The Hall–Kier alpha value is -2.54. The van der Waals surface area contributed by atoms with Crippen molar-refractivity contribution in [2.24, 2.45) is 0 Å². The molecular weight excluding hydrogens is 296 g/mol. The van der Waals surface area contributed by atoms with Crippen LogP contribution in [0.25, 0.3) is 5.57 Å². The van der Waals surface area contributed by atoms with E-state index in [0.717, 1.165) is 23.4 Å². The Morgan fingerprint density at radius 1 is 1.26 bits per heavy atom. The zero-order valence-corrected chi connectivity index (χ0v) is 13.2. The summed E-state index contributed by atoms with van der Waals surface area (Å²) in [5, 5.41) is 0. The molecule has 4 heteroatoms. The van der Waals surface area contributed by atoms with Crippen LogP contribution < -0.4 is 4.74 Å². The quantitative estimate of drug-likeness (QED) is 0.722. The third-order valence-electron chi connectivity index (χ3n) is 3.51. The van der Waals surface area contributed by atoms with Gasteiger partial charge in [-0.3, -0.25) is 0 Å². The maximum absolute atomic E-state index is 13.2. The highest BCUT2D eigenvalue weighted by atomic mass is 19.3. The van der Waals surface area contributed by atoms with Gasteiger partial charge in [-0.25, -0.2) is 0 Å². The number of nitrogens with zero attached hydrogens (tertiary/aromatic N) is 1. The Balaban J connectivity index is 2.22. The lowest BCUT2D eigenvalue weighted by Gasteiger charge is -2.24. The number of terminal acetylenes is 1. The van der Waals surface area contributed by atoms with E-state index in [2.05, 4.69) is 10.7 Å². The number of likely N-dealkylation sites (N-methyl/N-ethyl adjacent to an activating group) is 1. The number of alkyl halides is 2. The van der Waals surface area contributed by atoms with Crippen LogP contribution in [0.2, 0.25) is 0 Å². The van der Waals surface area contributed by atoms with Crippen molar-refractivity contribution >= 4 is 5.57 Å². The van der Waals surface area contributed by atoms with E-state index in [9.17, 15) is 8.78 Å².